The predicted molar refractivity (Wildman–Crippen MR) is 90.5 cm³/mol. The van der Waals surface area contributed by atoms with E-state index in [0.29, 0.717) is 31.3 Å². The third-order valence-electron chi connectivity index (χ3n) is 4.99. The summed E-state index contributed by atoms with van der Waals surface area (Å²) >= 11 is 0. The smallest absolute Gasteiger partial charge is 0.224 e. The van der Waals surface area contributed by atoms with Gasteiger partial charge in [-0.05, 0) is 51.3 Å². The number of carbonyl (C=O) groups excluding carboxylic acids is 1. The molecule has 1 amide bonds. The van der Waals surface area contributed by atoms with Gasteiger partial charge in [-0.2, -0.15) is 0 Å². The van der Waals surface area contributed by atoms with Crippen LogP contribution in [0.15, 0.2) is 24.3 Å². The maximum absolute atomic E-state index is 12.9. The Morgan fingerprint density at radius 3 is 2.62 bits per heavy atom. The average Bonchev–Trinajstić information content (AvgIpc) is 2.96. The first-order valence-corrected chi connectivity index (χ1v) is 8.60. The highest BCUT2D eigenvalue weighted by molar-refractivity contribution is 5.77. The van der Waals surface area contributed by atoms with Crippen molar-refractivity contribution in [2.75, 3.05) is 46.8 Å². The van der Waals surface area contributed by atoms with Crippen molar-refractivity contribution < 1.29 is 13.9 Å². The Labute approximate surface area is 143 Å². The highest BCUT2D eigenvalue weighted by Crippen LogP contribution is 2.19. The van der Waals surface area contributed by atoms with Crippen molar-refractivity contribution in [3.8, 4) is 5.75 Å². The second-order valence-electron chi connectivity index (χ2n) is 6.93. The summed E-state index contributed by atoms with van der Waals surface area (Å²) in [6, 6.07) is 6.56. The zero-order chi connectivity index (χ0) is 17.1. The molecular weight excluding hydrogens is 309 g/mol. The maximum Gasteiger partial charge on any atom is 0.224 e. The molecule has 2 saturated heterocycles. The van der Waals surface area contributed by atoms with Gasteiger partial charge in [0.1, 0.15) is 17.7 Å². The van der Waals surface area contributed by atoms with Gasteiger partial charge < -0.3 is 19.4 Å². The highest BCUT2D eigenvalue weighted by Gasteiger charge is 2.32. The number of halogens is 1. The van der Waals surface area contributed by atoms with Crippen LogP contribution >= 0.6 is 0 Å². The molecular formula is C18H26FN3O2. The number of ether oxygens (including phenoxy) is 1. The summed E-state index contributed by atoms with van der Waals surface area (Å²) in [5.41, 5.74) is 0. The quantitative estimate of drug-likeness (QED) is 0.788. The molecule has 1 aromatic carbocycles. The summed E-state index contributed by atoms with van der Waals surface area (Å²) in [5, 5.41) is 0. The van der Waals surface area contributed by atoms with Crippen LogP contribution in [0.3, 0.4) is 0 Å². The average molecular weight is 335 g/mol. The topological polar surface area (TPSA) is 36.0 Å². The Balaban J connectivity index is 1.35. The van der Waals surface area contributed by atoms with Gasteiger partial charge in [0.15, 0.2) is 0 Å². The Morgan fingerprint density at radius 1 is 1.29 bits per heavy atom. The fourth-order valence-electron chi connectivity index (χ4n) is 3.31. The fraction of sp³-hybridized carbons (Fsp3) is 0.611. The molecule has 0 unspecified atom stereocenters. The van der Waals surface area contributed by atoms with Crippen molar-refractivity contribution in [1.82, 2.24) is 14.7 Å². The van der Waals surface area contributed by atoms with Gasteiger partial charge in [-0.3, -0.25) is 4.79 Å². The molecule has 2 heterocycles. The second kappa shape index (κ2) is 7.49. The van der Waals surface area contributed by atoms with E-state index in [-0.39, 0.29) is 17.8 Å². The van der Waals surface area contributed by atoms with Gasteiger partial charge in [0.25, 0.3) is 0 Å². The number of rotatable bonds is 6. The number of nitrogens with zero attached hydrogens (tertiary/aromatic N) is 3. The monoisotopic (exact) mass is 335 g/mol. The SMILES string of the molecule is CN1CC[C@@H](N(C)CCC(=O)N2CC(Oc3ccc(F)cc3)C2)C1. The summed E-state index contributed by atoms with van der Waals surface area (Å²) in [6.45, 7) is 4.26. The standard InChI is InChI=1S/C18H26FN3O2/c1-20-9-7-15(11-20)21(2)10-8-18(23)22-12-17(13-22)24-16-5-3-14(19)4-6-16/h3-6,15,17H,7-13H2,1-2H3/t15-/m1/s1. The summed E-state index contributed by atoms with van der Waals surface area (Å²) in [7, 11) is 4.24. The van der Waals surface area contributed by atoms with E-state index in [0.717, 1.165) is 19.6 Å². The zero-order valence-corrected chi connectivity index (χ0v) is 14.4. The molecule has 0 aliphatic carbocycles. The Bertz CT molecular complexity index is 560. The minimum atomic E-state index is -0.273. The van der Waals surface area contributed by atoms with Crippen molar-refractivity contribution in [2.45, 2.75) is 25.0 Å². The van der Waals surface area contributed by atoms with E-state index in [9.17, 15) is 9.18 Å². The Kier molecular flexibility index (Phi) is 5.36. The number of hydrogen-bond acceptors (Lipinski definition) is 4. The van der Waals surface area contributed by atoms with Gasteiger partial charge in [-0.25, -0.2) is 4.39 Å². The van der Waals surface area contributed by atoms with E-state index in [1.807, 2.05) is 4.90 Å². The molecule has 5 nitrogen and oxygen atoms in total. The summed E-state index contributed by atoms with van der Waals surface area (Å²) in [5.74, 6) is 0.566. The number of hydrogen-bond donors (Lipinski definition) is 0. The van der Waals surface area contributed by atoms with Crippen LogP contribution < -0.4 is 4.74 Å². The maximum atomic E-state index is 12.9. The van der Waals surface area contributed by atoms with Crippen LogP contribution in [0.25, 0.3) is 0 Å². The molecule has 2 aliphatic heterocycles. The largest absolute Gasteiger partial charge is 0.487 e. The fourth-order valence-corrected chi connectivity index (χ4v) is 3.31. The van der Waals surface area contributed by atoms with E-state index in [2.05, 4.69) is 23.9 Å². The third kappa shape index (κ3) is 4.24. The van der Waals surface area contributed by atoms with Gasteiger partial charge in [-0.15, -0.1) is 0 Å². The van der Waals surface area contributed by atoms with Crippen LogP contribution in [0.2, 0.25) is 0 Å². The summed E-state index contributed by atoms with van der Waals surface area (Å²) in [6.07, 6.45) is 1.75. The predicted octanol–water partition coefficient (Wildman–Crippen LogP) is 1.44. The van der Waals surface area contributed by atoms with Gasteiger partial charge in [0.2, 0.25) is 5.91 Å². The lowest BCUT2D eigenvalue weighted by molar-refractivity contribution is -0.140. The normalized spacial score (nSPS) is 22.0. The van der Waals surface area contributed by atoms with E-state index >= 15 is 0 Å². The van der Waals surface area contributed by atoms with E-state index in [1.165, 1.54) is 18.6 Å². The first kappa shape index (κ1) is 17.2. The van der Waals surface area contributed by atoms with Crippen molar-refractivity contribution in [3.63, 3.8) is 0 Å². The van der Waals surface area contributed by atoms with Crippen LogP contribution in [0.5, 0.6) is 5.75 Å². The molecule has 132 valence electrons. The van der Waals surface area contributed by atoms with Crippen molar-refractivity contribution in [2.24, 2.45) is 0 Å². The summed E-state index contributed by atoms with van der Waals surface area (Å²) < 4.78 is 18.6. The number of amides is 1. The molecule has 0 spiro atoms. The molecule has 0 radical (unpaired) electrons. The first-order valence-electron chi connectivity index (χ1n) is 8.60. The Morgan fingerprint density at radius 2 is 2.00 bits per heavy atom. The van der Waals surface area contributed by atoms with E-state index < -0.39 is 0 Å². The van der Waals surface area contributed by atoms with Gasteiger partial charge >= 0.3 is 0 Å². The Hall–Kier alpha value is -1.66. The lowest BCUT2D eigenvalue weighted by Crippen LogP contribution is -2.56. The number of benzene rings is 1. The van der Waals surface area contributed by atoms with Crippen LogP contribution in [0, 0.1) is 5.82 Å². The number of carbonyl (C=O) groups is 1. The van der Waals surface area contributed by atoms with Crippen LogP contribution in [0.1, 0.15) is 12.8 Å². The van der Waals surface area contributed by atoms with Crippen molar-refractivity contribution in [3.05, 3.63) is 30.1 Å². The van der Waals surface area contributed by atoms with Gasteiger partial charge in [-0.1, -0.05) is 0 Å². The molecule has 6 heteroatoms. The van der Waals surface area contributed by atoms with Gasteiger partial charge in [0, 0.05) is 25.6 Å². The second-order valence-corrected chi connectivity index (χ2v) is 6.93. The highest BCUT2D eigenvalue weighted by atomic mass is 19.1. The molecule has 0 saturated carbocycles. The van der Waals surface area contributed by atoms with E-state index in [1.54, 1.807) is 12.1 Å². The van der Waals surface area contributed by atoms with Crippen LogP contribution in [0.4, 0.5) is 4.39 Å². The minimum Gasteiger partial charge on any atom is -0.487 e. The van der Waals surface area contributed by atoms with Gasteiger partial charge in [0.05, 0.1) is 13.1 Å². The first-order chi connectivity index (χ1) is 11.5. The molecule has 0 bridgehead atoms. The number of likely N-dealkylation sites (N-methyl/N-ethyl adjacent to an activating group) is 2. The van der Waals surface area contributed by atoms with Crippen molar-refractivity contribution >= 4 is 5.91 Å². The lowest BCUT2D eigenvalue weighted by Gasteiger charge is -2.39. The molecule has 24 heavy (non-hydrogen) atoms. The van der Waals surface area contributed by atoms with Crippen LogP contribution in [-0.4, -0.2) is 79.6 Å². The molecule has 0 aromatic heterocycles. The zero-order valence-electron chi connectivity index (χ0n) is 14.4. The molecule has 2 fully saturated rings. The molecule has 1 aromatic rings. The molecule has 1 atom stereocenters. The third-order valence-corrected chi connectivity index (χ3v) is 4.99. The van der Waals surface area contributed by atoms with Crippen molar-refractivity contribution in [1.29, 1.82) is 0 Å². The van der Waals surface area contributed by atoms with Crippen LogP contribution in [-0.2, 0) is 4.79 Å². The molecule has 2 aliphatic rings. The molecule has 3 rings (SSSR count). The van der Waals surface area contributed by atoms with E-state index in [4.69, 9.17) is 4.74 Å². The minimum absolute atomic E-state index is 0.0145. The summed E-state index contributed by atoms with van der Waals surface area (Å²) in [4.78, 5) is 18.7. The number of likely N-dealkylation sites (tertiary alicyclic amines) is 2. The lowest BCUT2D eigenvalue weighted by atomic mass is 10.1. The molecule has 0 N–H and O–H groups in total.